The first-order valence-corrected chi connectivity index (χ1v) is 5.60. The first-order valence-electron chi connectivity index (χ1n) is 5.60. The predicted molar refractivity (Wildman–Crippen MR) is 62.3 cm³/mol. The number of benzene rings is 1. The quantitative estimate of drug-likeness (QED) is 0.801. The van der Waals surface area contributed by atoms with E-state index in [4.69, 9.17) is 4.74 Å². The van der Waals surface area contributed by atoms with Crippen molar-refractivity contribution >= 4 is 0 Å². The zero-order valence-electron chi connectivity index (χ0n) is 9.71. The van der Waals surface area contributed by atoms with Crippen molar-refractivity contribution in [2.75, 3.05) is 13.7 Å². The van der Waals surface area contributed by atoms with Crippen molar-refractivity contribution < 1.29 is 4.74 Å². The largest absolute Gasteiger partial charge is 0.497 e. The second-order valence-corrected chi connectivity index (χ2v) is 4.55. The number of fused-ring (bicyclic) bond motifs is 1. The Morgan fingerprint density at radius 2 is 2.20 bits per heavy atom. The minimum atomic E-state index is 0.639. The summed E-state index contributed by atoms with van der Waals surface area (Å²) in [6.45, 7) is 6.63. The summed E-state index contributed by atoms with van der Waals surface area (Å²) in [7, 11) is 1.72. The molecule has 1 heterocycles. The molecule has 0 amide bonds. The van der Waals surface area contributed by atoms with Gasteiger partial charge in [-0.25, -0.2) is 0 Å². The van der Waals surface area contributed by atoms with Gasteiger partial charge in [-0.05, 0) is 35.1 Å². The number of rotatable bonds is 2. The molecule has 2 rings (SSSR count). The molecule has 0 fully saturated rings. The van der Waals surface area contributed by atoms with Crippen LogP contribution in [0.1, 0.15) is 30.9 Å². The second kappa shape index (κ2) is 4.23. The van der Waals surface area contributed by atoms with E-state index in [0.717, 1.165) is 18.8 Å². The fourth-order valence-corrected chi connectivity index (χ4v) is 2.29. The van der Waals surface area contributed by atoms with Crippen molar-refractivity contribution in [3.05, 3.63) is 29.3 Å². The molecule has 1 atom stereocenters. The normalized spacial score (nSPS) is 20.1. The van der Waals surface area contributed by atoms with Crippen molar-refractivity contribution in [3.63, 3.8) is 0 Å². The molecule has 2 heteroatoms. The zero-order chi connectivity index (χ0) is 10.8. The van der Waals surface area contributed by atoms with Crippen LogP contribution >= 0.6 is 0 Å². The number of methoxy groups -OCH3 is 1. The number of ether oxygens (including phenoxy) is 1. The molecule has 15 heavy (non-hydrogen) atoms. The van der Waals surface area contributed by atoms with Crippen LogP contribution in [0.2, 0.25) is 0 Å². The van der Waals surface area contributed by atoms with E-state index in [1.54, 1.807) is 7.11 Å². The molecule has 0 bridgehead atoms. The Kier molecular flexibility index (Phi) is 2.96. The van der Waals surface area contributed by atoms with Gasteiger partial charge in [0.2, 0.25) is 0 Å². The van der Waals surface area contributed by atoms with Crippen LogP contribution in [0.3, 0.4) is 0 Å². The monoisotopic (exact) mass is 205 g/mol. The number of nitrogens with one attached hydrogen (secondary N) is 1. The second-order valence-electron chi connectivity index (χ2n) is 4.55. The van der Waals surface area contributed by atoms with Crippen molar-refractivity contribution in [3.8, 4) is 5.75 Å². The van der Waals surface area contributed by atoms with Gasteiger partial charge in [-0.2, -0.15) is 0 Å². The number of hydrogen-bond donors (Lipinski definition) is 1. The fourth-order valence-electron chi connectivity index (χ4n) is 2.29. The van der Waals surface area contributed by atoms with E-state index in [1.165, 1.54) is 11.1 Å². The van der Waals surface area contributed by atoms with Crippen molar-refractivity contribution in [1.29, 1.82) is 0 Å². The highest BCUT2D eigenvalue weighted by molar-refractivity contribution is 5.39. The number of hydrogen-bond acceptors (Lipinski definition) is 2. The van der Waals surface area contributed by atoms with Gasteiger partial charge in [0.25, 0.3) is 0 Å². The molecule has 0 aliphatic carbocycles. The smallest absolute Gasteiger partial charge is 0.119 e. The average molecular weight is 205 g/mol. The van der Waals surface area contributed by atoms with Gasteiger partial charge in [0.15, 0.2) is 0 Å². The topological polar surface area (TPSA) is 21.3 Å². The van der Waals surface area contributed by atoms with Gasteiger partial charge >= 0.3 is 0 Å². The lowest BCUT2D eigenvalue weighted by Gasteiger charge is -2.29. The fraction of sp³-hybridized carbons (Fsp3) is 0.538. The van der Waals surface area contributed by atoms with Gasteiger partial charge in [0.1, 0.15) is 5.75 Å². The summed E-state index contributed by atoms with van der Waals surface area (Å²) in [6, 6.07) is 6.44. The van der Waals surface area contributed by atoms with E-state index in [1.807, 2.05) is 0 Å². The molecule has 0 radical (unpaired) electrons. The molecule has 1 aliphatic heterocycles. The maximum Gasteiger partial charge on any atom is 0.119 e. The Morgan fingerprint density at radius 1 is 1.40 bits per heavy atom. The standard InChI is InChI=1S/C13H19NO/c1-9(2)13-8-14-7-10-6-11(15-3)4-5-12(10)13/h4-6,9,13-14H,7-8H2,1-3H3. The molecule has 2 nitrogen and oxygen atoms in total. The Hall–Kier alpha value is -1.02. The first-order chi connectivity index (χ1) is 7.22. The van der Waals surface area contributed by atoms with E-state index in [2.05, 4.69) is 37.4 Å². The van der Waals surface area contributed by atoms with Crippen LogP contribution in [0.25, 0.3) is 0 Å². The van der Waals surface area contributed by atoms with E-state index in [9.17, 15) is 0 Å². The lowest BCUT2D eigenvalue weighted by atomic mass is 9.83. The SMILES string of the molecule is COc1ccc2c(c1)CNCC2C(C)C. The van der Waals surface area contributed by atoms with Gasteiger partial charge < -0.3 is 10.1 Å². The third-order valence-electron chi connectivity index (χ3n) is 3.23. The summed E-state index contributed by atoms with van der Waals surface area (Å²) in [4.78, 5) is 0. The van der Waals surface area contributed by atoms with Gasteiger partial charge in [-0.1, -0.05) is 19.9 Å². The Morgan fingerprint density at radius 3 is 2.87 bits per heavy atom. The van der Waals surface area contributed by atoms with Crippen molar-refractivity contribution in [2.24, 2.45) is 5.92 Å². The highest BCUT2D eigenvalue weighted by atomic mass is 16.5. The molecule has 0 aromatic heterocycles. The van der Waals surface area contributed by atoms with Gasteiger partial charge in [-0.3, -0.25) is 0 Å². The maximum absolute atomic E-state index is 5.25. The molecular formula is C13H19NO. The molecule has 1 aromatic rings. The predicted octanol–water partition coefficient (Wildman–Crippen LogP) is 2.54. The molecule has 0 saturated heterocycles. The van der Waals surface area contributed by atoms with Crippen LogP contribution in [-0.2, 0) is 6.54 Å². The molecule has 0 saturated carbocycles. The zero-order valence-corrected chi connectivity index (χ0v) is 9.71. The van der Waals surface area contributed by atoms with E-state index in [-0.39, 0.29) is 0 Å². The highest BCUT2D eigenvalue weighted by Crippen LogP contribution is 2.31. The van der Waals surface area contributed by atoms with E-state index >= 15 is 0 Å². The lowest BCUT2D eigenvalue weighted by Crippen LogP contribution is -2.30. The third-order valence-corrected chi connectivity index (χ3v) is 3.23. The molecule has 1 aromatic carbocycles. The van der Waals surface area contributed by atoms with E-state index < -0.39 is 0 Å². The van der Waals surface area contributed by atoms with Crippen molar-refractivity contribution in [2.45, 2.75) is 26.3 Å². The molecule has 1 aliphatic rings. The Bertz CT molecular complexity index is 346. The minimum Gasteiger partial charge on any atom is -0.497 e. The summed E-state index contributed by atoms with van der Waals surface area (Å²) in [5, 5.41) is 3.47. The molecule has 1 N–H and O–H groups in total. The first kappa shape index (κ1) is 10.5. The molecule has 1 unspecified atom stereocenters. The van der Waals surface area contributed by atoms with Crippen LogP contribution in [-0.4, -0.2) is 13.7 Å². The Labute approximate surface area is 91.6 Å². The average Bonchev–Trinajstić information content (AvgIpc) is 2.27. The van der Waals surface area contributed by atoms with Gasteiger partial charge in [-0.15, -0.1) is 0 Å². The van der Waals surface area contributed by atoms with Crippen LogP contribution in [0, 0.1) is 5.92 Å². The van der Waals surface area contributed by atoms with E-state index in [0.29, 0.717) is 11.8 Å². The van der Waals surface area contributed by atoms with Gasteiger partial charge in [0.05, 0.1) is 7.11 Å². The summed E-state index contributed by atoms with van der Waals surface area (Å²) < 4.78 is 5.25. The Balaban J connectivity index is 2.36. The summed E-state index contributed by atoms with van der Waals surface area (Å²) >= 11 is 0. The summed E-state index contributed by atoms with van der Waals surface area (Å²) in [6.07, 6.45) is 0. The van der Waals surface area contributed by atoms with Crippen LogP contribution in [0.15, 0.2) is 18.2 Å². The van der Waals surface area contributed by atoms with Gasteiger partial charge in [0, 0.05) is 13.1 Å². The van der Waals surface area contributed by atoms with Crippen LogP contribution in [0.4, 0.5) is 0 Å². The molecular weight excluding hydrogens is 186 g/mol. The summed E-state index contributed by atoms with van der Waals surface area (Å²) in [5.41, 5.74) is 2.88. The summed E-state index contributed by atoms with van der Waals surface area (Å²) in [5.74, 6) is 2.28. The molecule has 0 spiro atoms. The highest BCUT2D eigenvalue weighted by Gasteiger charge is 2.22. The lowest BCUT2D eigenvalue weighted by molar-refractivity contribution is 0.407. The molecule has 82 valence electrons. The van der Waals surface area contributed by atoms with Crippen LogP contribution < -0.4 is 10.1 Å². The van der Waals surface area contributed by atoms with Crippen LogP contribution in [0.5, 0.6) is 5.75 Å². The van der Waals surface area contributed by atoms with Crippen molar-refractivity contribution in [1.82, 2.24) is 5.32 Å². The minimum absolute atomic E-state index is 0.639. The third kappa shape index (κ3) is 2.00. The maximum atomic E-state index is 5.25.